The molecule has 2 aromatic heterocycles. The summed E-state index contributed by atoms with van der Waals surface area (Å²) in [4.78, 5) is 23.3. The van der Waals surface area contributed by atoms with Gasteiger partial charge in [0, 0.05) is 10.6 Å². The number of aliphatic hydroxyl groups is 2. The number of hydrogen-bond acceptors (Lipinski definition) is 8. The molecule has 1 saturated heterocycles. The number of nitrogens with zero attached hydrogens (tertiary/aromatic N) is 3. The highest BCUT2D eigenvalue weighted by Gasteiger charge is 2.44. The van der Waals surface area contributed by atoms with Crippen LogP contribution in [0.3, 0.4) is 0 Å². The number of ether oxygens (including phenoxy) is 2. The minimum absolute atomic E-state index is 0.152. The molecule has 3 heterocycles. The molecule has 0 aliphatic carbocycles. The number of aromatic amines is 1. The molecule has 0 saturated carbocycles. The van der Waals surface area contributed by atoms with E-state index >= 15 is 0 Å². The van der Waals surface area contributed by atoms with Gasteiger partial charge in [0.1, 0.15) is 18.0 Å². The monoisotopic (exact) mass is 390 g/mol. The number of H-pyrrole nitrogens is 1. The zero-order valence-corrected chi connectivity index (χ0v) is 15.2. The summed E-state index contributed by atoms with van der Waals surface area (Å²) in [6, 6.07) is 7.54. The molecule has 0 unspecified atom stereocenters. The van der Waals surface area contributed by atoms with Crippen LogP contribution in [0.1, 0.15) is 6.23 Å². The van der Waals surface area contributed by atoms with Crippen LogP contribution in [-0.2, 0) is 4.74 Å². The number of thioether (sulfide) groups is 1. The Morgan fingerprint density at radius 1 is 1.26 bits per heavy atom. The van der Waals surface area contributed by atoms with Crippen molar-refractivity contribution in [2.75, 3.05) is 12.9 Å². The minimum Gasteiger partial charge on any atom is -0.497 e. The number of imidazole rings is 1. The van der Waals surface area contributed by atoms with E-state index in [-0.39, 0.29) is 11.1 Å². The first-order valence-electron chi connectivity index (χ1n) is 8.27. The fraction of sp³-hybridized carbons (Fsp3) is 0.353. The van der Waals surface area contributed by atoms with Gasteiger partial charge in [-0.3, -0.25) is 9.36 Å². The molecule has 27 heavy (non-hydrogen) atoms. The van der Waals surface area contributed by atoms with Crippen LogP contribution in [0.2, 0.25) is 0 Å². The number of methoxy groups -OCH3 is 1. The number of aliphatic hydroxyl groups excluding tert-OH is 2. The van der Waals surface area contributed by atoms with Crippen LogP contribution in [0, 0.1) is 0 Å². The van der Waals surface area contributed by atoms with Crippen molar-refractivity contribution in [1.82, 2.24) is 19.5 Å². The topological polar surface area (TPSA) is 122 Å². The third-order valence-electron chi connectivity index (χ3n) is 4.45. The highest BCUT2D eigenvalue weighted by molar-refractivity contribution is 7.99. The Morgan fingerprint density at radius 3 is 2.78 bits per heavy atom. The van der Waals surface area contributed by atoms with E-state index in [1.165, 1.54) is 29.0 Å². The fourth-order valence-electron chi connectivity index (χ4n) is 3.00. The molecule has 10 heteroatoms. The van der Waals surface area contributed by atoms with E-state index < -0.39 is 24.5 Å². The summed E-state index contributed by atoms with van der Waals surface area (Å²) in [5.41, 5.74) is 0.0655. The lowest BCUT2D eigenvalue weighted by atomic mass is 10.1. The SMILES string of the molecule is COc1ccc(SC[C@H]2O[C@@H](n3cnc4c(=O)[nH]cnc43)[C@H](O)[C@@H]2O)cc1. The van der Waals surface area contributed by atoms with Crippen LogP contribution in [0.25, 0.3) is 11.2 Å². The van der Waals surface area contributed by atoms with Crippen molar-refractivity contribution >= 4 is 22.9 Å². The Kier molecular flexibility index (Phi) is 4.87. The number of nitrogens with one attached hydrogen (secondary N) is 1. The van der Waals surface area contributed by atoms with Crippen LogP contribution in [0.4, 0.5) is 0 Å². The van der Waals surface area contributed by atoms with Gasteiger partial charge in [-0.25, -0.2) is 9.97 Å². The summed E-state index contributed by atoms with van der Waals surface area (Å²) in [6.07, 6.45) is -1.05. The molecular weight excluding hydrogens is 372 g/mol. The number of rotatable bonds is 5. The van der Waals surface area contributed by atoms with E-state index in [0.29, 0.717) is 11.4 Å². The van der Waals surface area contributed by atoms with E-state index in [0.717, 1.165) is 10.6 Å². The van der Waals surface area contributed by atoms with Crippen molar-refractivity contribution in [2.45, 2.75) is 29.4 Å². The largest absolute Gasteiger partial charge is 0.497 e. The van der Waals surface area contributed by atoms with Crippen molar-refractivity contribution in [3.63, 3.8) is 0 Å². The second-order valence-electron chi connectivity index (χ2n) is 6.09. The van der Waals surface area contributed by atoms with E-state index in [4.69, 9.17) is 9.47 Å². The Balaban J connectivity index is 1.50. The molecule has 142 valence electrons. The fourth-order valence-corrected chi connectivity index (χ4v) is 3.96. The van der Waals surface area contributed by atoms with Crippen molar-refractivity contribution < 1.29 is 19.7 Å². The maximum absolute atomic E-state index is 11.8. The highest BCUT2D eigenvalue weighted by atomic mass is 32.2. The summed E-state index contributed by atoms with van der Waals surface area (Å²) in [5.74, 6) is 1.21. The zero-order chi connectivity index (χ0) is 19.0. The molecule has 0 spiro atoms. The first-order valence-corrected chi connectivity index (χ1v) is 9.25. The molecule has 0 radical (unpaired) electrons. The van der Waals surface area contributed by atoms with Gasteiger partial charge in [-0.1, -0.05) is 0 Å². The van der Waals surface area contributed by atoms with Crippen LogP contribution in [0.5, 0.6) is 5.75 Å². The molecule has 0 amide bonds. The second kappa shape index (κ2) is 7.31. The first-order chi connectivity index (χ1) is 13.1. The third kappa shape index (κ3) is 3.32. The summed E-state index contributed by atoms with van der Waals surface area (Å²) in [5, 5.41) is 20.8. The van der Waals surface area contributed by atoms with Gasteiger partial charge in [0.05, 0.1) is 25.9 Å². The van der Waals surface area contributed by atoms with Gasteiger partial charge < -0.3 is 24.7 Å². The van der Waals surface area contributed by atoms with E-state index in [9.17, 15) is 15.0 Å². The molecule has 0 bridgehead atoms. The standard InChI is InChI=1S/C17H18N4O5S/c1-25-9-2-4-10(5-3-9)27-6-11-13(22)14(23)17(26-11)21-8-20-12-15(21)18-7-19-16(12)24/h2-5,7-8,11,13-14,17,22-23H,6H2,1H3,(H,18,19,24)/t11-,13-,14-,17-/m1/s1. The van der Waals surface area contributed by atoms with Gasteiger partial charge in [0.15, 0.2) is 17.4 Å². The van der Waals surface area contributed by atoms with E-state index in [1.54, 1.807) is 7.11 Å². The highest BCUT2D eigenvalue weighted by Crippen LogP contribution is 2.34. The van der Waals surface area contributed by atoms with Crippen LogP contribution in [0.15, 0.2) is 46.6 Å². The van der Waals surface area contributed by atoms with Crippen LogP contribution >= 0.6 is 11.8 Å². The number of benzene rings is 1. The van der Waals surface area contributed by atoms with Gasteiger partial charge >= 0.3 is 0 Å². The Bertz CT molecular complexity index is 989. The molecule has 1 aromatic carbocycles. The van der Waals surface area contributed by atoms with Gasteiger partial charge in [0.25, 0.3) is 5.56 Å². The molecule has 3 N–H and O–H groups in total. The Hall–Kier alpha value is -2.40. The van der Waals surface area contributed by atoms with Gasteiger partial charge in [0.2, 0.25) is 0 Å². The lowest BCUT2D eigenvalue weighted by molar-refractivity contribution is -0.0289. The van der Waals surface area contributed by atoms with Crippen LogP contribution in [-0.4, -0.2) is 60.9 Å². The molecule has 1 aliphatic rings. The quantitative estimate of drug-likeness (QED) is 0.540. The number of hydrogen-bond donors (Lipinski definition) is 3. The predicted molar refractivity (Wildman–Crippen MR) is 97.8 cm³/mol. The smallest absolute Gasteiger partial charge is 0.278 e. The maximum Gasteiger partial charge on any atom is 0.278 e. The number of fused-ring (bicyclic) bond motifs is 1. The lowest BCUT2D eigenvalue weighted by Crippen LogP contribution is -2.32. The van der Waals surface area contributed by atoms with Crippen molar-refractivity contribution in [1.29, 1.82) is 0 Å². The van der Waals surface area contributed by atoms with E-state index in [2.05, 4.69) is 15.0 Å². The summed E-state index contributed by atoms with van der Waals surface area (Å²) < 4.78 is 12.5. The molecule has 1 fully saturated rings. The molecule has 4 rings (SSSR count). The van der Waals surface area contributed by atoms with Gasteiger partial charge in [-0.2, -0.15) is 0 Å². The Labute approximate surface area is 158 Å². The average Bonchev–Trinajstić information content (AvgIpc) is 3.23. The molecule has 3 aromatic rings. The van der Waals surface area contributed by atoms with Crippen molar-refractivity contribution in [3.05, 3.63) is 47.3 Å². The van der Waals surface area contributed by atoms with Crippen molar-refractivity contribution in [3.8, 4) is 5.75 Å². The van der Waals surface area contributed by atoms with Gasteiger partial charge in [-0.05, 0) is 24.3 Å². The third-order valence-corrected chi connectivity index (χ3v) is 5.55. The predicted octanol–water partition coefficient (Wildman–Crippen LogP) is 0.540. The molecule has 4 atom stereocenters. The second-order valence-corrected chi connectivity index (χ2v) is 7.18. The number of aromatic nitrogens is 4. The summed E-state index contributed by atoms with van der Waals surface area (Å²) in [6.45, 7) is 0. The molecule has 1 aliphatic heterocycles. The lowest BCUT2D eigenvalue weighted by Gasteiger charge is -2.16. The molecule has 9 nitrogen and oxygen atoms in total. The maximum atomic E-state index is 11.8. The summed E-state index contributed by atoms with van der Waals surface area (Å²) in [7, 11) is 1.61. The zero-order valence-electron chi connectivity index (χ0n) is 14.3. The van der Waals surface area contributed by atoms with Crippen LogP contribution < -0.4 is 10.3 Å². The van der Waals surface area contributed by atoms with Crippen molar-refractivity contribution in [2.24, 2.45) is 0 Å². The molecular formula is C17H18N4O5S. The minimum atomic E-state index is -1.16. The Morgan fingerprint density at radius 2 is 2.04 bits per heavy atom. The van der Waals surface area contributed by atoms with Gasteiger partial charge in [-0.15, -0.1) is 11.8 Å². The average molecular weight is 390 g/mol. The first kappa shape index (κ1) is 18.0. The normalized spacial score (nSPS) is 25.1. The summed E-state index contributed by atoms with van der Waals surface area (Å²) >= 11 is 1.50. The van der Waals surface area contributed by atoms with E-state index in [1.807, 2.05) is 24.3 Å².